The Morgan fingerprint density at radius 3 is 2.72 bits per heavy atom. The third kappa shape index (κ3) is 1.91. The third-order valence-electron chi connectivity index (χ3n) is 3.31. The number of allylic oxidation sites excluding steroid dienone is 3. The zero-order valence-electron chi connectivity index (χ0n) is 10.1. The molecule has 2 heterocycles. The molecule has 0 amide bonds. The number of aliphatic hydroxyl groups excluding tert-OH is 1. The molecule has 0 atom stereocenters. The molecule has 0 saturated carbocycles. The number of hydrogen-bond donors (Lipinski definition) is 1. The maximum absolute atomic E-state index is 9.55. The number of aliphatic hydroxyl groups is 1. The molecule has 2 aliphatic rings. The second-order valence-electron chi connectivity index (χ2n) is 4.43. The summed E-state index contributed by atoms with van der Waals surface area (Å²) in [6, 6.07) is 10.3. The van der Waals surface area contributed by atoms with Crippen molar-refractivity contribution in [1.29, 1.82) is 0 Å². The van der Waals surface area contributed by atoms with Gasteiger partial charge in [0.1, 0.15) is 0 Å². The highest BCUT2D eigenvalue weighted by atomic mass is 16.3. The van der Waals surface area contributed by atoms with Crippen LogP contribution in [0.2, 0.25) is 0 Å². The van der Waals surface area contributed by atoms with Gasteiger partial charge in [0, 0.05) is 18.4 Å². The van der Waals surface area contributed by atoms with Crippen LogP contribution in [0.25, 0.3) is 5.57 Å². The zero-order chi connectivity index (χ0) is 12.4. The Kier molecular flexibility index (Phi) is 2.87. The van der Waals surface area contributed by atoms with Crippen molar-refractivity contribution in [3.05, 3.63) is 77.7 Å². The first-order chi connectivity index (χ1) is 8.88. The normalized spacial score (nSPS) is 17.8. The summed E-state index contributed by atoms with van der Waals surface area (Å²) in [5, 5.41) is 9.55. The minimum atomic E-state index is 0.0825. The van der Waals surface area contributed by atoms with Crippen LogP contribution in [-0.2, 0) is 0 Å². The first-order valence-corrected chi connectivity index (χ1v) is 6.10. The summed E-state index contributed by atoms with van der Waals surface area (Å²) in [7, 11) is 0. The Labute approximate surface area is 107 Å². The van der Waals surface area contributed by atoms with Gasteiger partial charge < -0.3 is 10.0 Å². The first-order valence-electron chi connectivity index (χ1n) is 6.10. The molecule has 1 aromatic rings. The number of nitrogens with zero attached hydrogens (tertiary/aromatic N) is 1. The molecule has 1 N–H and O–H groups in total. The lowest BCUT2D eigenvalue weighted by molar-refractivity contribution is 0.333. The van der Waals surface area contributed by atoms with Crippen molar-refractivity contribution in [2.24, 2.45) is 0 Å². The van der Waals surface area contributed by atoms with Gasteiger partial charge in [0.2, 0.25) is 0 Å². The Bertz CT molecular complexity index is 564. The van der Waals surface area contributed by atoms with Gasteiger partial charge in [-0.3, -0.25) is 0 Å². The lowest BCUT2D eigenvalue weighted by atomic mass is 9.95. The van der Waals surface area contributed by atoms with Crippen LogP contribution in [0.15, 0.2) is 72.1 Å². The van der Waals surface area contributed by atoms with E-state index >= 15 is 0 Å². The van der Waals surface area contributed by atoms with Crippen molar-refractivity contribution in [2.75, 3.05) is 13.2 Å². The molecule has 2 nitrogen and oxygen atoms in total. The molecular weight excluding hydrogens is 222 g/mol. The topological polar surface area (TPSA) is 23.5 Å². The van der Waals surface area contributed by atoms with Crippen LogP contribution in [0, 0.1) is 0 Å². The summed E-state index contributed by atoms with van der Waals surface area (Å²) in [4.78, 5) is 2.20. The molecule has 0 bridgehead atoms. The van der Waals surface area contributed by atoms with Crippen molar-refractivity contribution in [3.63, 3.8) is 0 Å². The lowest BCUT2D eigenvalue weighted by Gasteiger charge is -2.30. The Hall–Kier alpha value is -2.06. The number of fused-ring (bicyclic) bond motifs is 1. The highest BCUT2D eigenvalue weighted by Crippen LogP contribution is 2.29. The Morgan fingerprint density at radius 1 is 1.11 bits per heavy atom. The average Bonchev–Trinajstić information content (AvgIpc) is 2.46. The summed E-state index contributed by atoms with van der Waals surface area (Å²) in [6.07, 6.45) is 10.3. The fourth-order valence-corrected chi connectivity index (χ4v) is 2.36. The van der Waals surface area contributed by atoms with Gasteiger partial charge in [-0.15, -0.1) is 0 Å². The van der Waals surface area contributed by atoms with E-state index in [9.17, 15) is 5.11 Å². The quantitative estimate of drug-likeness (QED) is 0.855. The standard InChI is InChI=1S/C16H15NO/c18-12-14-10-15-8-4-5-9-17(15)11-16(14)13-6-2-1-3-7-13/h1-10,18H,11-12H2. The van der Waals surface area contributed by atoms with Crippen molar-refractivity contribution in [3.8, 4) is 0 Å². The van der Waals surface area contributed by atoms with E-state index in [-0.39, 0.29) is 6.61 Å². The van der Waals surface area contributed by atoms with Crippen LogP contribution in [0.1, 0.15) is 5.56 Å². The molecule has 90 valence electrons. The van der Waals surface area contributed by atoms with E-state index < -0.39 is 0 Å². The van der Waals surface area contributed by atoms with Gasteiger partial charge in [-0.05, 0) is 34.9 Å². The number of benzene rings is 1. The highest BCUT2D eigenvalue weighted by molar-refractivity contribution is 5.74. The molecule has 1 aromatic carbocycles. The molecule has 0 saturated heterocycles. The lowest BCUT2D eigenvalue weighted by Crippen LogP contribution is -2.24. The molecule has 0 radical (unpaired) electrons. The molecule has 2 aliphatic heterocycles. The SMILES string of the molecule is OCC1=C(c2ccccc2)CN2C=CC=CC2=C1. The van der Waals surface area contributed by atoms with Crippen LogP contribution < -0.4 is 0 Å². The van der Waals surface area contributed by atoms with Gasteiger partial charge >= 0.3 is 0 Å². The van der Waals surface area contributed by atoms with Crippen LogP contribution >= 0.6 is 0 Å². The van der Waals surface area contributed by atoms with Crippen LogP contribution in [0.5, 0.6) is 0 Å². The zero-order valence-corrected chi connectivity index (χ0v) is 10.1. The van der Waals surface area contributed by atoms with E-state index in [1.807, 2.05) is 30.4 Å². The van der Waals surface area contributed by atoms with Crippen molar-refractivity contribution in [1.82, 2.24) is 4.90 Å². The minimum absolute atomic E-state index is 0.0825. The number of hydrogen-bond acceptors (Lipinski definition) is 2. The summed E-state index contributed by atoms with van der Waals surface area (Å²) >= 11 is 0. The van der Waals surface area contributed by atoms with Crippen LogP contribution in [0.4, 0.5) is 0 Å². The van der Waals surface area contributed by atoms with Gasteiger partial charge in [-0.1, -0.05) is 36.4 Å². The monoisotopic (exact) mass is 237 g/mol. The van der Waals surface area contributed by atoms with E-state index in [4.69, 9.17) is 0 Å². The van der Waals surface area contributed by atoms with Gasteiger partial charge in [-0.2, -0.15) is 0 Å². The van der Waals surface area contributed by atoms with Gasteiger partial charge in [0.25, 0.3) is 0 Å². The second kappa shape index (κ2) is 4.67. The molecule has 0 fully saturated rings. The van der Waals surface area contributed by atoms with E-state index in [1.165, 1.54) is 11.1 Å². The third-order valence-corrected chi connectivity index (χ3v) is 3.31. The predicted octanol–water partition coefficient (Wildman–Crippen LogP) is 2.72. The second-order valence-corrected chi connectivity index (χ2v) is 4.43. The van der Waals surface area contributed by atoms with E-state index in [0.29, 0.717) is 0 Å². The minimum Gasteiger partial charge on any atom is -0.392 e. The summed E-state index contributed by atoms with van der Waals surface area (Å²) in [5.41, 5.74) is 4.52. The van der Waals surface area contributed by atoms with E-state index in [2.05, 4.69) is 35.4 Å². The molecule has 2 heteroatoms. The molecule has 0 unspecified atom stereocenters. The van der Waals surface area contributed by atoms with Crippen molar-refractivity contribution < 1.29 is 5.11 Å². The fourth-order valence-electron chi connectivity index (χ4n) is 2.36. The Balaban J connectivity index is 2.06. The maximum atomic E-state index is 9.55. The molecule has 0 spiro atoms. The molecule has 0 aromatic heterocycles. The van der Waals surface area contributed by atoms with E-state index in [0.717, 1.165) is 17.8 Å². The summed E-state index contributed by atoms with van der Waals surface area (Å²) < 4.78 is 0. The fraction of sp³-hybridized carbons (Fsp3) is 0.125. The first kappa shape index (κ1) is 11.1. The van der Waals surface area contributed by atoms with Crippen molar-refractivity contribution >= 4 is 5.57 Å². The van der Waals surface area contributed by atoms with Crippen LogP contribution in [-0.4, -0.2) is 23.2 Å². The summed E-state index contributed by atoms with van der Waals surface area (Å²) in [6.45, 7) is 0.895. The molecule has 3 rings (SSSR count). The van der Waals surface area contributed by atoms with Crippen molar-refractivity contribution in [2.45, 2.75) is 0 Å². The summed E-state index contributed by atoms with van der Waals surface area (Å²) in [5.74, 6) is 0. The van der Waals surface area contributed by atoms with Gasteiger partial charge in [0.05, 0.1) is 6.61 Å². The smallest absolute Gasteiger partial charge is 0.0686 e. The Morgan fingerprint density at radius 2 is 1.94 bits per heavy atom. The van der Waals surface area contributed by atoms with Crippen LogP contribution in [0.3, 0.4) is 0 Å². The van der Waals surface area contributed by atoms with Gasteiger partial charge in [0.15, 0.2) is 0 Å². The predicted molar refractivity (Wildman–Crippen MR) is 73.5 cm³/mol. The molecular formula is C16H15NO. The molecule has 18 heavy (non-hydrogen) atoms. The molecule has 0 aliphatic carbocycles. The number of rotatable bonds is 2. The largest absolute Gasteiger partial charge is 0.392 e. The van der Waals surface area contributed by atoms with Gasteiger partial charge in [-0.25, -0.2) is 0 Å². The average molecular weight is 237 g/mol. The van der Waals surface area contributed by atoms with E-state index in [1.54, 1.807) is 0 Å². The maximum Gasteiger partial charge on any atom is 0.0686 e. The highest BCUT2D eigenvalue weighted by Gasteiger charge is 2.18.